The highest BCUT2D eigenvalue weighted by Gasteiger charge is 2.07. The van der Waals surface area contributed by atoms with Crippen LogP contribution in [0.3, 0.4) is 0 Å². The van der Waals surface area contributed by atoms with Crippen LogP contribution in [0.4, 0.5) is 4.79 Å². The van der Waals surface area contributed by atoms with Crippen molar-refractivity contribution in [2.75, 3.05) is 13.2 Å². The van der Waals surface area contributed by atoms with Gasteiger partial charge in [0.05, 0.1) is 6.61 Å². The lowest BCUT2D eigenvalue weighted by Gasteiger charge is -2.13. The first-order valence-electron chi connectivity index (χ1n) is 4.57. The molecule has 0 bridgehead atoms. The van der Waals surface area contributed by atoms with E-state index in [9.17, 15) is 4.79 Å². The molecule has 0 heterocycles. The van der Waals surface area contributed by atoms with Gasteiger partial charge in [0, 0.05) is 6.54 Å². The quantitative estimate of drug-likeness (QED) is 0.721. The molecule has 0 saturated carbocycles. The molecule has 0 aromatic heterocycles. The van der Waals surface area contributed by atoms with Crippen LogP contribution >= 0.6 is 0 Å². The van der Waals surface area contributed by atoms with Gasteiger partial charge in [0.25, 0.3) is 0 Å². The predicted molar refractivity (Wildman–Crippen MR) is 51.4 cm³/mol. The summed E-state index contributed by atoms with van der Waals surface area (Å²) in [6.07, 6.45) is 8.86. The molecule has 0 radical (unpaired) electrons. The molecular weight excluding hydrogens is 166 g/mol. The van der Waals surface area contributed by atoms with Crippen molar-refractivity contribution in [2.24, 2.45) is 5.92 Å². The van der Waals surface area contributed by atoms with Gasteiger partial charge in [-0.05, 0) is 19.3 Å². The average molecular weight is 181 g/mol. The molecule has 13 heavy (non-hydrogen) atoms. The van der Waals surface area contributed by atoms with Gasteiger partial charge in [0.15, 0.2) is 0 Å². The average Bonchev–Trinajstić information content (AvgIpc) is 2.17. The first-order chi connectivity index (χ1) is 6.33. The molecule has 1 atom stereocenters. The number of allylic oxidation sites excluding steroid dienone is 3. The SMILES string of the molecule is CCOC(=O)NCC1C=CC=CC1. The van der Waals surface area contributed by atoms with Crippen molar-refractivity contribution in [1.29, 1.82) is 0 Å². The van der Waals surface area contributed by atoms with Gasteiger partial charge < -0.3 is 10.1 Å². The lowest BCUT2D eigenvalue weighted by atomic mass is 10.0. The fourth-order valence-electron chi connectivity index (χ4n) is 1.18. The second-order valence-corrected chi connectivity index (χ2v) is 2.91. The minimum Gasteiger partial charge on any atom is -0.450 e. The van der Waals surface area contributed by atoms with E-state index < -0.39 is 0 Å². The van der Waals surface area contributed by atoms with Gasteiger partial charge in [-0.25, -0.2) is 4.79 Å². The zero-order valence-corrected chi connectivity index (χ0v) is 7.82. The summed E-state index contributed by atoms with van der Waals surface area (Å²) in [5.74, 6) is 0.411. The highest BCUT2D eigenvalue weighted by molar-refractivity contribution is 5.67. The van der Waals surface area contributed by atoms with E-state index in [-0.39, 0.29) is 6.09 Å². The summed E-state index contributed by atoms with van der Waals surface area (Å²) < 4.78 is 4.74. The van der Waals surface area contributed by atoms with Gasteiger partial charge >= 0.3 is 6.09 Å². The van der Waals surface area contributed by atoms with Crippen molar-refractivity contribution in [2.45, 2.75) is 13.3 Å². The first-order valence-corrected chi connectivity index (χ1v) is 4.57. The van der Waals surface area contributed by atoms with Crippen molar-refractivity contribution in [1.82, 2.24) is 5.32 Å². The van der Waals surface area contributed by atoms with E-state index in [0.29, 0.717) is 19.1 Å². The van der Waals surface area contributed by atoms with Crippen molar-refractivity contribution >= 4 is 6.09 Å². The third kappa shape index (κ3) is 3.78. The molecule has 0 aromatic rings. The Morgan fingerprint density at radius 2 is 2.46 bits per heavy atom. The maximum absolute atomic E-state index is 10.9. The van der Waals surface area contributed by atoms with E-state index in [1.165, 1.54) is 0 Å². The summed E-state index contributed by atoms with van der Waals surface area (Å²) in [6, 6.07) is 0. The molecule has 3 nitrogen and oxygen atoms in total. The van der Waals surface area contributed by atoms with Crippen LogP contribution in [-0.2, 0) is 4.74 Å². The van der Waals surface area contributed by atoms with Crippen molar-refractivity contribution in [3.05, 3.63) is 24.3 Å². The molecule has 1 aliphatic carbocycles. The molecule has 72 valence electrons. The van der Waals surface area contributed by atoms with Gasteiger partial charge in [0.2, 0.25) is 0 Å². The molecule has 1 aliphatic rings. The van der Waals surface area contributed by atoms with E-state index >= 15 is 0 Å². The first kappa shape index (κ1) is 9.84. The molecule has 0 saturated heterocycles. The van der Waals surface area contributed by atoms with Crippen molar-refractivity contribution < 1.29 is 9.53 Å². The normalized spacial score (nSPS) is 19.9. The summed E-state index contributed by atoms with van der Waals surface area (Å²) in [7, 11) is 0. The second kappa shape index (κ2) is 5.41. The van der Waals surface area contributed by atoms with E-state index in [1.54, 1.807) is 6.92 Å². The van der Waals surface area contributed by atoms with Crippen LogP contribution in [0.1, 0.15) is 13.3 Å². The molecule has 3 heteroatoms. The number of alkyl carbamates (subject to hydrolysis) is 1. The van der Waals surface area contributed by atoms with Gasteiger partial charge in [-0.1, -0.05) is 24.3 Å². The Labute approximate surface area is 78.5 Å². The maximum Gasteiger partial charge on any atom is 0.407 e. The maximum atomic E-state index is 10.9. The molecule has 0 aliphatic heterocycles. The predicted octanol–water partition coefficient (Wildman–Crippen LogP) is 1.86. The topological polar surface area (TPSA) is 38.3 Å². The monoisotopic (exact) mass is 181 g/mol. The third-order valence-corrected chi connectivity index (χ3v) is 1.85. The summed E-state index contributed by atoms with van der Waals surface area (Å²) in [5.41, 5.74) is 0. The van der Waals surface area contributed by atoms with Crippen molar-refractivity contribution in [3.8, 4) is 0 Å². The number of carbonyl (C=O) groups excluding carboxylic acids is 1. The van der Waals surface area contributed by atoms with Crippen LogP contribution in [-0.4, -0.2) is 19.2 Å². The minimum atomic E-state index is -0.328. The second-order valence-electron chi connectivity index (χ2n) is 2.91. The molecule has 1 amide bonds. The van der Waals surface area contributed by atoms with E-state index in [1.807, 2.05) is 12.2 Å². The Morgan fingerprint density at radius 3 is 3.08 bits per heavy atom. The van der Waals surface area contributed by atoms with Crippen LogP contribution < -0.4 is 5.32 Å². The summed E-state index contributed by atoms with van der Waals surface area (Å²) >= 11 is 0. The number of hydrogen-bond donors (Lipinski definition) is 1. The number of ether oxygens (including phenoxy) is 1. The fraction of sp³-hybridized carbons (Fsp3) is 0.500. The Kier molecular flexibility index (Phi) is 4.09. The van der Waals surface area contributed by atoms with Crippen molar-refractivity contribution in [3.63, 3.8) is 0 Å². The lowest BCUT2D eigenvalue weighted by Crippen LogP contribution is -2.29. The van der Waals surface area contributed by atoms with Crippen LogP contribution in [0, 0.1) is 5.92 Å². The van der Waals surface area contributed by atoms with Gasteiger partial charge in [0.1, 0.15) is 0 Å². The zero-order chi connectivity index (χ0) is 9.52. The Balaban J connectivity index is 2.15. The number of nitrogens with one attached hydrogen (secondary N) is 1. The smallest absolute Gasteiger partial charge is 0.407 e. The Morgan fingerprint density at radius 1 is 1.62 bits per heavy atom. The molecule has 0 fully saturated rings. The highest BCUT2D eigenvalue weighted by atomic mass is 16.5. The molecule has 0 aromatic carbocycles. The minimum absolute atomic E-state index is 0.328. The van der Waals surface area contributed by atoms with Crippen LogP contribution in [0.25, 0.3) is 0 Å². The molecule has 1 rings (SSSR count). The van der Waals surface area contributed by atoms with Gasteiger partial charge in [-0.15, -0.1) is 0 Å². The number of hydrogen-bond acceptors (Lipinski definition) is 2. The Hall–Kier alpha value is -1.25. The third-order valence-electron chi connectivity index (χ3n) is 1.85. The summed E-state index contributed by atoms with van der Waals surface area (Å²) in [5, 5.41) is 2.71. The number of amides is 1. The highest BCUT2D eigenvalue weighted by Crippen LogP contribution is 2.09. The molecule has 1 N–H and O–H groups in total. The zero-order valence-electron chi connectivity index (χ0n) is 7.82. The molecule has 1 unspecified atom stereocenters. The Bertz CT molecular complexity index is 221. The summed E-state index contributed by atoms with van der Waals surface area (Å²) in [6.45, 7) is 2.87. The number of rotatable bonds is 3. The van der Waals surface area contributed by atoms with Crippen LogP contribution in [0.15, 0.2) is 24.3 Å². The molecular formula is C10H15NO2. The van der Waals surface area contributed by atoms with Crippen LogP contribution in [0.2, 0.25) is 0 Å². The largest absolute Gasteiger partial charge is 0.450 e. The lowest BCUT2D eigenvalue weighted by molar-refractivity contribution is 0.151. The van der Waals surface area contributed by atoms with E-state index in [0.717, 1.165) is 6.42 Å². The van der Waals surface area contributed by atoms with E-state index in [2.05, 4.69) is 17.5 Å². The summed E-state index contributed by atoms with van der Waals surface area (Å²) in [4.78, 5) is 10.9. The van der Waals surface area contributed by atoms with Gasteiger partial charge in [-0.2, -0.15) is 0 Å². The van der Waals surface area contributed by atoms with Gasteiger partial charge in [-0.3, -0.25) is 0 Å². The van der Waals surface area contributed by atoms with Crippen LogP contribution in [0.5, 0.6) is 0 Å². The van der Waals surface area contributed by atoms with E-state index in [4.69, 9.17) is 4.74 Å². The molecule has 0 spiro atoms. The number of carbonyl (C=O) groups is 1. The fourth-order valence-corrected chi connectivity index (χ4v) is 1.18. The standard InChI is InChI=1S/C10H15NO2/c1-2-13-10(12)11-8-9-6-4-3-5-7-9/h3-6,9H,2,7-8H2,1H3,(H,11,12).